The van der Waals surface area contributed by atoms with Crippen molar-refractivity contribution in [1.82, 2.24) is 4.90 Å². The van der Waals surface area contributed by atoms with Gasteiger partial charge < -0.3 is 14.7 Å². The number of carboxylic acids is 1. The summed E-state index contributed by atoms with van der Waals surface area (Å²) in [4.78, 5) is 13.1. The van der Waals surface area contributed by atoms with Crippen LogP contribution >= 0.6 is 0 Å². The first-order valence-corrected chi connectivity index (χ1v) is 5.21. The predicted molar refractivity (Wildman–Crippen MR) is 55.4 cm³/mol. The first-order valence-electron chi connectivity index (χ1n) is 5.21. The van der Waals surface area contributed by atoms with Gasteiger partial charge in [-0.25, -0.2) is 4.79 Å². The van der Waals surface area contributed by atoms with E-state index >= 15 is 0 Å². The third-order valence-corrected chi connectivity index (χ3v) is 2.97. The normalized spacial score (nSPS) is 31.9. The van der Waals surface area contributed by atoms with Gasteiger partial charge in [-0.3, -0.25) is 0 Å². The summed E-state index contributed by atoms with van der Waals surface area (Å²) in [7, 11) is 0. The number of aliphatic carboxylic acids is 1. The molecule has 1 aliphatic carbocycles. The molecule has 0 aromatic carbocycles. The number of ether oxygens (including phenoxy) is 1. The molecule has 1 aliphatic heterocycles. The van der Waals surface area contributed by atoms with Gasteiger partial charge in [-0.2, -0.15) is 0 Å². The second kappa shape index (κ2) is 3.38. The maximum atomic E-state index is 10.9. The largest absolute Gasteiger partial charge is 0.479 e. The molecule has 4 heteroatoms. The predicted octanol–water partition coefficient (Wildman–Crippen LogP) is 1.00. The third kappa shape index (κ3) is 1.45. The van der Waals surface area contributed by atoms with E-state index < -0.39 is 11.6 Å². The van der Waals surface area contributed by atoms with Gasteiger partial charge in [-0.1, -0.05) is 0 Å². The van der Waals surface area contributed by atoms with Crippen LogP contribution in [0.2, 0.25) is 0 Å². The highest BCUT2D eigenvalue weighted by Gasteiger charge is 2.61. The van der Waals surface area contributed by atoms with Crippen LogP contribution in [0.5, 0.6) is 0 Å². The molecular formula is C11H15NO3. The van der Waals surface area contributed by atoms with Crippen LogP contribution in [0.25, 0.3) is 0 Å². The molecule has 1 saturated heterocycles. The van der Waals surface area contributed by atoms with Crippen LogP contribution in [0, 0.1) is 0 Å². The molecule has 2 aliphatic rings. The van der Waals surface area contributed by atoms with Crippen molar-refractivity contribution in [2.24, 2.45) is 0 Å². The smallest absolute Gasteiger partial charge is 0.343 e. The van der Waals surface area contributed by atoms with Crippen LogP contribution in [0.15, 0.2) is 23.9 Å². The molecule has 0 amide bonds. The molecule has 0 aromatic heterocycles. The molecule has 0 radical (unpaired) electrons. The lowest BCUT2D eigenvalue weighted by molar-refractivity contribution is -0.141. The lowest BCUT2D eigenvalue weighted by Crippen LogP contribution is -2.29. The Labute approximate surface area is 88.8 Å². The van der Waals surface area contributed by atoms with Gasteiger partial charge in [0.15, 0.2) is 0 Å². The van der Waals surface area contributed by atoms with Crippen LogP contribution in [0.3, 0.4) is 0 Å². The van der Waals surface area contributed by atoms with Crippen LogP contribution in [0.4, 0.5) is 0 Å². The molecule has 2 unspecified atom stereocenters. The molecule has 1 fully saturated rings. The maximum absolute atomic E-state index is 10.9. The number of carbonyl (C=O) groups is 1. The molecule has 1 N–H and O–H groups in total. The fraction of sp³-hybridized carbons (Fsp3) is 0.545. The van der Waals surface area contributed by atoms with E-state index in [1.54, 1.807) is 6.08 Å². The Hall–Kier alpha value is -1.29. The van der Waals surface area contributed by atoms with E-state index in [1.807, 2.05) is 12.2 Å². The second-order valence-electron chi connectivity index (χ2n) is 3.73. The topological polar surface area (TPSA) is 53.1 Å². The number of fused-ring (bicyclic) bond motifs is 1. The van der Waals surface area contributed by atoms with Gasteiger partial charge in [0.05, 0.1) is 0 Å². The molecule has 0 bridgehead atoms. The molecule has 2 atom stereocenters. The summed E-state index contributed by atoms with van der Waals surface area (Å²) < 4.78 is 5.21. The SMILES string of the molecule is CCN(CC)C1=CC2OC2(C(=O)O)C=C1. The van der Waals surface area contributed by atoms with E-state index in [-0.39, 0.29) is 6.10 Å². The van der Waals surface area contributed by atoms with Gasteiger partial charge in [-0.15, -0.1) is 0 Å². The molecule has 15 heavy (non-hydrogen) atoms. The van der Waals surface area contributed by atoms with Gasteiger partial charge in [0.2, 0.25) is 5.60 Å². The quantitative estimate of drug-likeness (QED) is 0.702. The summed E-state index contributed by atoms with van der Waals surface area (Å²) in [5.41, 5.74) is -0.00390. The standard InChI is InChI=1S/C11H15NO3/c1-3-12(4-2)8-5-6-11(10(13)14)9(7-8)15-11/h5-7,9H,3-4H2,1-2H3,(H,13,14). The van der Waals surface area contributed by atoms with Crippen molar-refractivity contribution in [2.45, 2.75) is 25.6 Å². The van der Waals surface area contributed by atoms with Crippen molar-refractivity contribution in [1.29, 1.82) is 0 Å². The Bertz CT molecular complexity index is 344. The molecular weight excluding hydrogens is 194 g/mol. The van der Waals surface area contributed by atoms with E-state index in [1.165, 1.54) is 0 Å². The minimum atomic E-state index is -1.06. The van der Waals surface area contributed by atoms with Gasteiger partial charge in [0.25, 0.3) is 0 Å². The summed E-state index contributed by atoms with van der Waals surface area (Å²) in [6, 6.07) is 0. The number of nitrogens with zero attached hydrogens (tertiary/aromatic N) is 1. The second-order valence-corrected chi connectivity index (χ2v) is 3.73. The highest BCUT2D eigenvalue weighted by Crippen LogP contribution is 2.43. The monoisotopic (exact) mass is 209 g/mol. The first-order chi connectivity index (χ1) is 7.14. The zero-order valence-corrected chi connectivity index (χ0v) is 8.93. The van der Waals surface area contributed by atoms with E-state index in [4.69, 9.17) is 9.84 Å². The van der Waals surface area contributed by atoms with E-state index in [0.29, 0.717) is 0 Å². The van der Waals surface area contributed by atoms with Crippen molar-refractivity contribution < 1.29 is 14.6 Å². The Balaban J connectivity index is 2.14. The van der Waals surface area contributed by atoms with E-state index in [2.05, 4.69) is 18.7 Å². The maximum Gasteiger partial charge on any atom is 0.343 e. The van der Waals surface area contributed by atoms with Crippen molar-refractivity contribution >= 4 is 5.97 Å². The summed E-state index contributed by atoms with van der Waals surface area (Å²) in [5.74, 6) is -0.904. The molecule has 1 heterocycles. The van der Waals surface area contributed by atoms with Gasteiger partial charge in [-0.05, 0) is 32.1 Å². The van der Waals surface area contributed by atoms with Crippen LogP contribution in [-0.2, 0) is 9.53 Å². The Morgan fingerprint density at radius 3 is 2.73 bits per heavy atom. The highest BCUT2D eigenvalue weighted by atomic mass is 16.6. The van der Waals surface area contributed by atoms with Crippen molar-refractivity contribution in [3.63, 3.8) is 0 Å². The number of rotatable bonds is 4. The number of allylic oxidation sites excluding steroid dienone is 1. The molecule has 4 nitrogen and oxygen atoms in total. The van der Waals surface area contributed by atoms with Crippen LogP contribution in [-0.4, -0.2) is 40.8 Å². The minimum absolute atomic E-state index is 0.282. The molecule has 2 rings (SSSR count). The zero-order chi connectivity index (χ0) is 11.1. The summed E-state index contributed by atoms with van der Waals surface area (Å²) in [6.45, 7) is 5.98. The first kappa shape index (κ1) is 10.2. The summed E-state index contributed by atoms with van der Waals surface area (Å²) in [6.07, 6.45) is 5.09. The number of epoxide rings is 1. The van der Waals surface area contributed by atoms with Crippen LogP contribution < -0.4 is 0 Å². The van der Waals surface area contributed by atoms with E-state index in [0.717, 1.165) is 18.8 Å². The summed E-state index contributed by atoms with van der Waals surface area (Å²) >= 11 is 0. The fourth-order valence-electron chi connectivity index (χ4n) is 1.93. The number of carboxylic acid groups (broad SMARTS) is 1. The summed E-state index contributed by atoms with van der Waals surface area (Å²) in [5, 5.41) is 8.96. The third-order valence-electron chi connectivity index (χ3n) is 2.97. The fourth-order valence-corrected chi connectivity index (χ4v) is 1.93. The Morgan fingerprint density at radius 2 is 2.27 bits per heavy atom. The number of hydrogen-bond acceptors (Lipinski definition) is 3. The number of likely N-dealkylation sites (N-methyl/N-ethyl adjacent to an activating group) is 1. The Kier molecular flexibility index (Phi) is 2.31. The zero-order valence-electron chi connectivity index (χ0n) is 8.93. The average molecular weight is 209 g/mol. The highest BCUT2D eigenvalue weighted by molar-refractivity contribution is 5.85. The lowest BCUT2D eigenvalue weighted by atomic mass is 9.99. The van der Waals surface area contributed by atoms with Crippen molar-refractivity contribution in [3.05, 3.63) is 23.9 Å². The van der Waals surface area contributed by atoms with Crippen molar-refractivity contribution in [3.8, 4) is 0 Å². The Morgan fingerprint density at radius 1 is 1.60 bits per heavy atom. The average Bonchev–Trinajstić information content (AvgIpc) is 2.94. The minimum Gasteiger partial charge on any atom is -0.479 e. The molecule has 0 spiro atoms. The molecule has 0 aromatic rings. The molecule has 82 valence electrons. The lowest BCUT2D eigenvalue weighted by Gasteiger charge is -2.23. The van der Waals surface area contributed by atoms with Crippen molar-refractivity contribution in [2.75, 3.05) is 13.1 Å². The number of hydrogen-bond donors (Lipinski definition) is 1. The van der Waals surface area contributed by atoms with Gasteiger partial charge in [0.1, 0.15) is 6.10 Å². The van der Waals surface area contributed by atoms with E-state index in [9.17, 15) is 4.79 Å². The van der Waals surface area contributed by atoms with Gasteiger partial charge in [0, 0.05) is 18.8 Å². The molecule has 0 saturated carbocycles. The van der Waals surface area contributed by atoms with Gasteiger partial charge >= 0.3 is 5.97 Å². The van der Waals surface area contributed by atoms with Crippen LogP contribution in [0.1, 0.15) is 13.8 Å².